The highest BCUT2D eigenvalue weighted by molar-refractivity contribution is 7.16. The number of benzene rings is 4. The number of aryl methyl sites for hydroxylation is 4. The molecule has 200 valence electrons. The summed E-state index contributed by atoms with van der Waals surface area (Å²) in [5.41, 5.74) is 5.38. The Bertz CT molecular complexity index is 2170. The van der Waals surface area contributed by atoms with E-state index in [1.165, 1.54) is 93.6 Å². The van der Waals surface area contributed by atoms with Crippen LogP contribution in [0.15, 0.2) is 84.9 Å². The normalized spacial score (nSPS) is 12.0. The molecular formula is C37H28S4. The molecule has 8 rings (SSSR count). The van der Waals surface area contributed by atoms with E-state index >= 15 is 0 Å². The van der Waals surface area contributed by atoms with Gasteiger partial charge in [-0.2, -0.15) is 0 Å². The predicted octanol–water partition coefficient (Wildman–Crippen LogP) is 13.0. The summed E-state index contributed by atoms with van der Waals surface area (Å²) in [6, 6.07) is 32.8. The summed E-state index contributed by atoms with van der Waals surface area (Å²) in [4.78, 5) is 10.9. The van der Waals surface area contributed by atoms with Crippen LogP contribution in [-0.4, -0.2) is 0 Å². The van der Waals surface area contributed by atoms with Crippen LogP contribution in [0, 0.1) is 20.8 Å². The second-order valence-electron chi connectivity index (χ2n) is 10.9. The van der Waals surface area contributed by atoms with Crippen LogP contribution in [0.1, 0.15) is 26.4 Å². The molecule has 41 heavy (non-hydrogen) atoms. The SMILES string of the molecule is CCc1ccc(-c2cc(-c3ccc(C)s3)c3ccc4c(-c5ccc(C)s5)cc(-c5ccc(C)s5)c5ccc2c3c45)s1. The van der Waals surface area contributed by atoms with Gasteiger partial charge in [0.1, 0.15) is 0 Å². The maximum absolute atomic E-state index is 2.46. The standard InChI is InChI=1S/C37H28S4/c1-5-23-9-17-35(41-23)31-19-30(34-16-8-22(4)40-34)26-11-10-24-28(32-14-6-20(2)38-32)18-29(33-15-7-21(3)39-33)25-12-13-27(31)37(26)36(24)25/h6-19H,5H2,1-4H3. The molecule has 0 amide bonds. The highest BCUT2D eigenvalue weighted by Gasteiger charge is 2.22. The molecule has 4 heterocycles. The lowest BCUT2D eigenvalue weighted by atomic mass is 9.85. The van der Waals surface area contributed by atoms with Gasteiger partial charge in [0.15, 0.2) is 0 Å². The zero-order chi connectivity index (χ0) is 27.8. The third kappa shape index (κ3) is 4.04. The van der Waals surface area contributed by atoms with E-state index in [0.717, 1.165) is 6.42 Å². The fourth-order valence-electron chi connectivity index (χ4n) is 6.26. The smallest absolute Gasteiger partial charge is 0.0352 e. The van der Waals surface area contributed by atoms with E-state index in [0.29, 0.717) is 0 Å². The van der Waals surface area contributed by atoms with Gasteiger partial charge in [-0.05, 0) is 120 Å². The number of rotatable bonds is 5. The van der Waals surface area contributed by atoms with Gasteiger partial charge in [-0.15, -0.1) is 45.3 Å². The first-order valence-electron chi connectivity index (χ1n) is 14.1. The lowest BCUT2D eigenvalue weighted by Gasteiger charge is -2.20. The summed E-state index contributed by atoms with van der Waals surface area (Å²) in [5, 5.41) is 8.20. The maximum Gasteiger partial charge on any atom is 0.0352 e. The molecule has 0 unspecified atom stereocenters. The Morgan fingerprint density at radius 3 is 1.05 bits per heavy atom. The van der Waals surface area contributed by atoms with Crippen molar-refractivity contribution in [1.82, 2.24) is 0 Å². The van der Waals surface area contributed by atoms with Crippen LogP contribution in [0.25, 0.3) is 74.1 Å². The van der Waals surface area contributed by atoms with Gasteiger partial charge in [-0.3, -0.25) is 0 Å². The Morgan fingerprint density at radius 2 is 0.756 bits per heavy atom. The number of hydrogen-bond donors (Lipinski definition) is 0. The molecule has 0 aliphatic rings. The van der Waals surface area contributed by atoms with Gasteiger partial charge in [0.2, 0.25) is 0 Å². The van der Waals surface area contributed by atoms with Crippen LogP contribution in [0.2, 0.25) is 0 Å². The molecule has 4 heteroatoms. The van der Waals surface area contributed by atoms with Crippen LogP contribution >= 0.6 is 45.3 Å². The van der Waals surface area contributed by atoms with Crippen molar-refractivity contribution >= 4 is 77.7 Å². The molecule has 0 aliphatic heterocycles. The second kappa shape index (κ2) is 9.64. The summed E-state index contributed by atoms with van der Waals surface area (Å²) < 4.78 is 0. The minimum absolute atomic E-state index is 1.07. The Balaban J connectivity index is 1.57. The minimum atomic E-state index is 1.07. The molecule has 0 spiro atoms. The summed E-state index contributed by atoms with van der Waals surface area (Å²) >= 11 is 7.62. The average Bonchev–Trinajstić information content (AvgIpc) is 3.80. The fraction of sp³-hybridized carbons (Fsp3) is 0.135. The van der Waals surface area contributed by atoms with E-state index in [1.807, 2.05) is 45.3 Å². The topological polar surface area (TPSA) is 0 Å². The molecule has 8 aromatic rings. The van der Waals surface area contributed by atoms with Crippen molar-refractivity contribution in [3.05, 3.63) is 104 Å². The molecule has 0 saturated carbocycles. The van der Waals surface area contributed by atoms with Crippen LogP contribution < -0.4 is 0 Å². The van der Waals surface area contributed by atoms with E-state index in [-0.39, 0.29) is 0 Å². The monoisotopic (exact) mass is 600 g/mol. The first-order valence-corrected chi connectivity index (χ1v) is 17.3. The van der Waals surface area contributed by atoms with E-state index in [1.54, 1.807) is 0 Å². The van der Waals surface area contributed by atoms with Crippen LogP contribution in [-0.2, 0) is 6.42 Å². The molecule has 0 saturated heterocycles. The molecule has 0 atom stereocenters. The van der Waals surface area contributed by atoms with Gasteiger partial charge in [0.25, 0.3) is 0 Å². The van der Waals surface area contributed by atoms with Crippen molar-refractivity contribution < 1.29 is 0 Å². The quantitative estimate of drug-likeness (QED) is 0.172. The molecule has 0 N–H and O–H groups in total. The lowest BCUT2D eigenvalue weighted by molar-refractivity contribution is 1.19. The van der Waals surface area contributed by atoms with E-state index in [4.69, 9.17) is 0 Å². The maximum atomic E-state index is 2.46. The van der Waals surface area contributed by atoms with Gasteiger partial charge >= 0.3 is 0 Å². The Kier molecular flexibility index (Phi) is 5.98. The summed E-state index contributed by atoms with van der Waals surface area (Å²) in [5.74, 6) is 0. The largest absolute Gasteiger partial charge is 0.141 e. The van der Waals surface area contributed by atoms with Gasteiger partial charge < -0.3 is 0 Å². The van der Waals surface area contributed by atoms with Crippen molar-refractivity contribution in [2.45, 2.75) is 34.1 Å². The Hall–Kier alpha value is -3.28. The van der Waals surface area contributed by atoms with E-state index in [2.05, 4.69) is 113 Å². The van der Waals surface area contributed by atoms with Crippen molar-refractivity contribution in [1.29, 1.82) is 0 Å². The Labute approximate surface area is 256 Å². The van der Waals surface area contributed by atoms with Crippen molar-refractivity contribution in [2.24, 2.45) is 0 Å². The Morgan fingerprint density at radius 1 is 0.415 bits per heavy atom. The highest BCUT2D eigenvalue weighted by Crippen LogP contribution is 2.50. The van der Waals surface area contributed by atoms with Gasteiger partial charge in [0, 0.05) is 61.3 Å². The molecular weight excluding hydrogens is 573 g/mol. The van der Waals surface area contributed by atoms with E-state index in [9.17, 15) is 0 Å². The van der Waals surface area contributed by atoms with Gasteiger partial charge in [-0.1, -0.05) is 31.2 Å². The van der Waals surface area contributed by atoms with E-state index < -0.39 is 0 Å². The predicted molar refractivity (Wildman–Crippen MR) is 187 cm³/mol. The van der Waals surface area contributed by atoms with Gasteiger partial charge in [-0.25, -0.2) is 0 Å². The molecule has 0 radical (unpaired) electrons. The first-order chi connectivity index (χ1) is 20.0. The summed E-state index contributed by atoms with van der Waals surface area (Å²) in [7, 11) is 0. The highest BCUT2D eigenvalue weighted by atomic mass is 32.1. The summed E-state index contributed by atoms with van der Waals surface area (Å²) in [6.45, 7) is 8.88. The zero-order valence-corrected chi connectivity index (χ0v) is 26.7. The second-order valence-corrected chi connectivity index (χ2v) is 15.9. The summed E-state index contributed by atoms with van der Waals surface area (Å²) in [6.07, 6.45) is 1.07. The molecule has 0 bridgehead atoms. The number of thiophene rings is 4. The van der Waals surface area contributed by atoms with Crippen molar-refractivity contribution in [3.63, 3.8) is 0 Å². The molecule has 4 aromatic carbocycles. The molecule has 0 nitrogen and oxygen atoms in total. The molecule has 4 aromatic heterocycles. The van der Waals surface area contributed by atoms with Gasteiger partial charge in [0.05, 0.1) is 0 Å². The third-order valence-electron chi connectivity index (χ3n) is 8.19. The van der Waals surface area contributed by atoms with Crippen LogP contribution in [0.4, 0.5) is 0 Å². The minimum Gasteiger partial charge on any atom is -0.141 e. The fourth-order valence-corrected chi connectivity index (χ4v) is 9.93. The lowest BCUT2D eigenvalue weighted by Crippen LogP contribution is -1.92. The van der Waals surface area contributed by atoms with Crippen LogP contribution in [0.5, 0.6) is 0 Å². The number of hydrogen-bond acceptors (Lipinski definition) is 4. The molecule has 0 fully saturated rings. The zero-order valence-electron chi connectivity index (χ0n) is 23.4. The van der Waals surface area contributed by atoms with Crippen molar-refractivity contribution in [3.8, 4) is 41.8 Å². The third-order valence-corrected chi connectivity index (χ3v) is 12.6. The van der Waals surface area contributed by atoms with Crippen LogP contribution in [0.3, 0.4) is 0 Å². The molecule has 0 aliphatic carbocycles. The van der Waals surface area contributed by atoms with Crippen molar-refractivity contribution in [2.75, 3.05) is 0 Å². The average molecular weight is 601 g/mol. The first kappa shape index (κ1) is 25.4.